The highest BCUT2D eigenvalue weighted by Gasteiger charge is 2.39. The molecule has 7 nitrogen and oxygen atoms in total. The van der Waals surface area contributed by atoms with Crippen LogP contribution in [-0.2, 0) is 9.84 Å². The summed E-state index contributed by atoms with van der Waals surface area (Å²) in [5, 5.41) is 8.86. The number of carbonyl (C=O) groups is 1. The monoisotopic (exact) mass is 499 g/mol. The van der Waals surface area contributed by atoms with Crippen molar-refractivity contribution in [2.45, 2.75) is 24.1 Å². The molecule has 0 spiro atoms. The fraction of sp³-hybridized carbons (Fsp3) is 0.364. The number of nitriles is 1. The molecule has 0 N–H and O–H groups in total. The number of anilines is 1. The minimum absolute atomic E-state index is 0.0936. The van der Waals surface area contributed by atoms with Gasteiger partial charge < -0.3 is 14.5 Å². The second-order valence-corrected chi connectivity index (χ2v) is 9.80. The van der Waals surface area contributed by atoms with Crippen molar-refractivity contribution in [2.75, 3.05) is 37.3 Å². The van der Waals surface area contributed by atoms with Crippen LogP contribution in [0, 0.1) is 17.1 Å². The van der Waals surface area contributed by atoms with Crippen molar-refractivity contribution in [3.8, 4) is 11.8 Å². The summed E-state index contributed by atoms with van der Waals surface area (Å²) < 4.78 is 81.8. The number of piperazine rings is 1. The average molecular weight is 499 g/mol. The second-order valence-electron chi connectivity index (χ2n) is 7.79. The molecule has 0 aromatic heterocycles. The summed E-state index contributed by atoms with van der Waals surface area (Å²) >= 11 is 0. The Kier molecular flexibility index (Phi) is 7.07. The average Bonchev–Trinajstić information content (AvgIpc) is 2.77. The Labute approximate surface area is 194 Å². The largest absolute Gasteiger partial charge is 0.480 e. The van der Waals surface area contributed by atoms with E-state index in [2.05, 4.69) is 0 Å². The number of ether oxygens (including phenoxy) is 1. The summed E-state index contributed by atoms with van der Waals surface area (Å²) in [7, 11) is -3.73. The van der Waals surface area contributed by atoms with Gasteiger partial charge in [0.1, 0.15) is 17.6 Å². The Hall–Kier alpha value is -3.33. The van der Waals surface area contributed by atoms with Gasteiger partial charge in [-0.3, -0.25) is 4.79 Å². The lowest BCUT2D eigenvalue weighted by atomic mass is 10.1. The van der Waals surface area contributed by atoms with Crippen LogP contribution < -0.4 is 9.64 Å². The summed E-state index contributed by atoms with van der Waals surface area (Å²) in [6, 6.07) is 9.03. The number of amides is 1. The highest BCUT2D eigenvalue weighted by molar-refractivity contribution is 7.90. The summed E-state index contributed by atoms with van der Waals surface area (Å²) in [4.78, 5) is 16.1. The SMILES string of the molecule is CC(Oc1ccc(S(C)(=O)=O)cc1C(=O)N1CCN(c2ccc(C#N)c(F)c2)CC1)C(F)(F)F. The number of benzene rings is 2. The maximum atomic E-state index is 13.9. The smallest absolute Gasteiger partial charge is 0.425 e. The predicted octanol–water partition coefficient (Wildman–Crippen LogP) is 3.39. The van der Waals surface area contributed by atoms with Crippen LogP contribution in [-0.4, -0.2) is 63.9 Å². The number of halogens is 4. The molecule has 1 atom stereocenters. The first kappa shape index (κ1) is 25.3. The van der Waals surface area contributed by atoms with Gasteiger partial charge in [0, 0.05) is 38.1 Å². The van der Waals surface area contributed by atoms with E-state index >= 15 is 0 Å². The molecule has 12 heteroatoms. The highest BCUT2D eigenvalue weighted by atomic mass is 32.2. The van der Waals surface area contributed by atoms with Gasteiger partial charge in [-0.2, -0.15) is 18.4 Å². The van der Waals surface area contributed by atoms with Crippen LogP contribution in [0.2, 0.25) is 0 Å². The predicted molar refractivity (Wildman–Crippen MR) is 115 cm³/mol. The second kappa shape index (κ2) is 9.50. The van der Waals surface area contributed by atoms with Crippen LogP contribution in [0.4, 0.5) is 23.2 Å². The molecule has 3 rings (SSSR count). The molecule has 1 amide bonds. The summed E-state index contributed by atoms with van der Waals surface area (Å²) in [6.07, 6.45) is -5.98. The van der Waals surface area contributed by atoms with E-state index in [1.807, 2.05) is 0 Å². The van der Waals surface area contributed by atoms with E-state index in [1.54, 1.807) is 17.0 Å². The number of alkyl halides is 3. The maximum absolute atomic E-state index is 13.9. The van der Waals surface area contributed by atoms with Crippen molar-refractivity contribution in [1.29, 1.82) is 5.26 Å². The van der Waals surface area contributed by atoms with Crippen LogP contribution in [0.5, 0.6) is 5.75 Å². The van der Waals surface area contributed by atoms with E-state index < -0.39 is 33.8 Å². The highest BCUT2D eigenvalue weighted by Crippen LogP contribution is 2.30. The zero-order valence-corrected chi connectivity index (χ0v) is 19.1. The van der Waals surface area contributed by atoms with Crippen LogP contribution in [0.15, 0.2) is 41.3 Å². The number of nitrogens with zero attached hydrogens (tertiary/aromatic N) is 3. The summed E-state index contributed by atoms with van der Waals surface area (Å²) in [5.74, 6) is -1.73. The molecule has 1 aliphatic heterocycles. The van der Waals surface area contributed by atoms with Crippen molar-refractivity contribution in [3.63, 3.8) is 0 Å². The molecular weight excluding hydrogens is 478 g/mol. The van der Waals surface area contributed by atoms with E-state index in [4.69, 9.17) is 10.00 Å². The fourth-order valence-corrected chi connectivity index (χ4v) is 4.04. The van der Waals surface area contributed by atoms with Crippen LogP contribution in [0.25, 0.3) is 0 Å². The van der Waals surface area contributed by atoms with Gasteiger partial charge in [0.05, 0.1) is 16.0 Å². The van der Waals surface area contributed by atoms with Gasteiger partial charge >= 0.3 is 6.18 Å². The molecular formula is C22H21F4N3O4S. The third-order valence-corrected chi connectivity index (χ3v) is 6.49. The topological polar surface area (TPSA) is 90.7 Å². The number of rotatable bonds is 5. The van der Waals surface area contributed by atoms with Crippen LogP contribution >= 0.6 is 0 Å². The van der Waals surface area contributed by atoms with Gasteiger partial charge in [0.2, 0.25) is 0 Å². The molecule has 1 saturated heterocycles. The lowest BCUT2D eigenvalue weighted by Gasteiger charge is -2.36. The quantitative estimate of drug-likeness (QED) is 0.586. The summed E-state index contributed by atoms with van der Waals surface area (Å²) in [6.45, 7) is 1.67. The molecule has 34 heavy (non-hydrogen) atoms. The third kappa shape index (κ3) is 5.59. The van der Waals surface area contributed by atoms with E-state index in [-0.39, 0.29) is 48.0 Å². The molecule has 0 radical (unpaired) electrons. The number of hydrogen-bond donors (Lipinski definition) is 0. The first-order valence-electron chi connectivity index (χ1n) is 10.1. The molecule has 0 saturated carbocycles. The van der Waals surface area contributed by atoms with Gasteiger partial charge in [-0.15, -0.1) is 0 Å². The molecule has 2 aromatic rings. The Balaban J connectivity index is 1.83. The lowest BCUT2D eigenvalue weighted by Crippen LogP contribution is -2.49. The first-order valence-corrected chi connectivity index (χ1v) is 12.0. The third-order valence-electron chi connectivity index (χ3n) is 5.38. The van der Waals surface area contributed by atoms with E-state index in [0.717, 1.165) is 31.4 Å². The van der Waals surface area contributed by atoms with Gasteiger partial charge in [-0.1, -0.05) is 0 Å². The van der Waals surface area contributed by atoms with Crippen LogP contribution in [0.3, 0.4) is 0 Å². The number of carbonyl (C=O) groups excluding carboxylic acids is 1. The minimum Gasteiger partial charge on any atom is -0.480 e. The van der Waals surface area contributed by atoms with Crippen molar-refractivity contribution < 1.29 is 35.5 Å². The first-order chi connectivity index (χ1) is 15.8. The number of hydrogen-bond acceptors (Lipinski definition) is 6. The Morgan fingerprint density at radius 1 is 1.12 bits per heavy atom. The van der Waals surface area contributed by atoms with Crippen molar-refractivity contribution in [2.24, 2.45) is 0 Å². The normalized spacial score (nSPS) is 15.6. The van der Waals surface area contributed by atoms with Crippen molar-refractivity contribution >= 4 is 21.4 Å². The van der Waals surface area contributed by atoms with Crippen molar-refractivity contribution in [1.82, 2.24) is 4.90 Å². The van der Waals surface area contributed by atoms with Gasteiger partial charge in [0.15, 0.2) is 15.9 Å². The lowest BCUT2D eigenvalue weighted by molar-refractivity contribution is -0.189. The Bertz CT molecular complexity index is 1230. The number of sulfone groups is 1. The molecule has 2 aromatic carbocycles. The zero-order chi connectivity index (χ0) is 25.3. The van der Waals surface area contributed by atoms with Crippen LogP contribution in [0.1, 0.15) is 22.8 Å². The Morgan fingerprint density at radius 2 is 1.76 bits per heavy atom. The van der Waals surface area contributed by atoms with Gasteiger partial charge in [-0.05, 0) is 43.3 Å². The molecule has 1 fully saturated rings. The van der Waals surface area contributed by atoms with E-state index in [9.17, 15) is 30.8 Å². The minimum atomic E-state index is -4.68. The Morgan fingerprint density at radius 3 is 2.29 bits per heavy atom. The molecule has 0 bridgehead atoms. The maximum Gasteiger partial charge on any atom is 0.425 e. The van der Waals surface area contributed by atoms with E-state index in [0.29, 0.717) is 5.69 Å². The molecule has 1 aliphatic rings. The van der Waals surface area contributed by atoms with E-state index in [1.165, 1.54) is 17.0 Å². The zero-order valence-electron chi connectivity index (χ0n) is 18.3. The standard InChI is InChI=1S/C22H21F4N3O4S/c1-14(22(24,25)26)33-20-6-5-17(34(2,31)32)12-18(20)21(30)29-9-7-28(8-10-29)16-4-3-15(13-27)19(23)11-16/h3-6,11-12,14H,7-10H2,1-2H3. The van der Waals surface area contributed by atoms with Gasteiger partial charge in [0.25, 0.3) is 5.91 Å². The molecule has 182 valence electrons. The fourth-order valence-electron chi connectivity index (χ4n) is 3.40. The molecule has 1 unspecified atom stereocenters. The molecule has 0 aliphatic carbocycles. The van der Waals surface area contributed by atoms with Crippen molar-refractivity contribution in [3.05, 3.63) is 53.3 Å². The molecule has 1 heterocycles. The summed E-state index contributed by atoms with van der Waals surface area (Å²) in [5.41, 5.74) is 0.131. The van der Waals surface area contributed by atoms with Gasteiger partial charge in [-0.25, -0.2) is 12.8 Å².